The van der Waals surface area contributed by atoms with Crippen LogP contribution in [0.5, 0.6) is 0 Å². The van der Waals surface area contributed by atoms with Gasteiger partial charge in [0, 0.05) is 12.1 Å². The van der Waals surface area contributed by atoms with Gasteiger partial charge < -0.3 is 26.1 Å². The first-order valence-electron chi connectivity index (χ1n) is 16.0. The Kier molecular flexibility index (Phi) is 13.6. The van der Waals surface area contributed by atoms with Gasteiger partial charge in [-0.05, 0) is 49.4 Å². The van der Waals surface area contributed by atoms with E-state index in [0.717, 1.165) is 57.7 Å². The van der Waals surface area contributed by atoms with E-state index in [1.165, 1.54) is 0 Å². The number of hydrogen-bond donors (Lipinski definition) is 5. The van der Waals surface area contributed by atoms with E-state index < -0.39 is 47.3 Å². The zero-order valence-electron chi connectivity index (χ0n) is 26.6. The molecule has 4 rings (SSSR count). The Morgan fingerprint density at radius 3 is 2.13 bits per heavy atom. The maximum atomic E-state index is 13.3. The van der Waals surface area contributed by atoms with Crippen molar-refractivity contribution < 1.29 is 28.8 Å². The molecular formula is C33H49N5O6S. The van der Waals surface area contributed by atoms with Crippen molar-refractivity contribution >= 4 is 48.5 Å². The molecule has 2 aliphatic carbocycles. The van der Waals surface area contributed by atoms with Crippen LogP contribution < -0.4 is 21.1 Å². The van der Waals surface area contributed by atoms with E-state index in [1.54, 1.807) is 17.0 Å². The van der Waals surface area contributed by atoms with Crippen LogP contribution in [-0.2, 0) is 19.2 Å². The molecule has 3 fully saturated rings. The second-order valence-electron chi connectivity index (χ2n) is 13.5. The molecule has 4 amide bonds. The summed E-state index contributed by atoms with van der Waals surface area (Å²) in [6.45, 7) is 6.16. The minimum absolute atomic E-state index is 0.0685. The smallest absolute Gasteiger partial charge is 0.316 e. The molecule has 0 spiro atoms. The fraction of sp³-hybridized carbons (Fsp3) is 0.636. The number of aldehydes is 1. The largest absolute Gasteiger partial charge is 0.363 e. The molecule has 1 heterocycles. The molecule has 0 radical (unpaired) electrons. The summed E-state index contributed by atoms with van der Waals surface area (Å²) in [5.41, 5.74) is 4.86. The Balaban J connectivity index is 0.000000385. The summed E-state index contributed by atoms with van der Waals surface area (Å²) < 4.78 is 2.50. The minimum atomic E-state index is -0.887. The van der Waals surface area contributed by atoms with Gasteiger partial charge in [-0.3, -0.25) is 23.9 Å². The quantitative estimate of drug-likeness (QED) is 0.101. The highest BCUT2D eigenvalue weighted by atomic mass is 32.1. The lowest BCUT2D eigenvalue weighted by molar-refractivity contribution is -0.138. The van der Waals surface area contributed by atoms with Gasteiger partial charge in [-0.1, -0.05) is 96.0 Å². The summed E-state index contributed by atoms with van der Waals surface area (Å²) in [6, 6.07) is 6.12. The summed E-state index contributed by atoms with van der Waals surface area (Å²) in [6.07, 6.45) is 10.2. The van der Waals surface area contributed by atoms with E-state index in [-0.39, 0.29) is 17.6 Å². The Morgan fingerprint density at radius 2 is 1.60 bits per heavy atom. The fourth-order valence-corrected chi connectivity index (χ4v) is 6.28. The maximum absolute atomic E-state index is 13.3. The molecular weight excluding hydrogens is 594 g/mol. The van der Waals surface area contributed by atoms with Crippen molar-refractivity contribution in [3.63, 3.8) is 0 Å². The number of Topliss-reactive ketones (excluding diaryl/α,β-unsaturated/α-hetero) is 2. The number of nitrogens with two attached hydrogens (primary N) is 1. The van der Waals surface area contributed by atoms with Crippen LogP contribution in [-0.4, -0.2) is 71.3 Å². The van der Waals surface area contributed by atoms with Gasteiger partial charge in [0.2, 0.25) is 11.7 Å². The van der Waals surface area contributed by atoms with Gasteiger partial charge in [0.05, 0.1) is 18.1 Å². The number of rotatable bonds is 12. The highest BCUT2D eigenvalue weighted by Crippen LogP contribution is 2.33. The second-order valence-corrected chi connectivity index (χ2v) is 13.7. The highest BCUT2D eigenvalue weighted by molar-refractivity contribution is 7.78. The maximum Gasteiger partial charge on any atom is 0.316 e. The number of carbonyl (C=O) groups excluding carboxylic acids is 6. The number of carbonyl (C=O) groups is 6. The molecule has 45 heavy (non-hydrogen) atoms. The Hall–Kier alpha value is -3.25. The number of primary amides is 1. The first-order chi connectivity index (χ1) is 21.4. The van der Waals surface area contributed by atoms with Crippen LogP contribution in [0.25, 0.3) is 0 Å². The van der Waals surface area contributed by atoms with Crippen LogP contribution in [0.15, 0.2) is 30.3 Å². The van der Waals surface area contributed by atoms with Crippen LogP contribution in [0.4, 0.5) is 4.79 Å². The number of likely N-dealkylation sites (tertiary alicyclic amines) is 1. The molecule has 2 saturated carbocycles. The molecule has 12 heteroatoms. The molecule has 11 nitrogen and oxygen atoms in total. The average molecular weight is 644 g/mol. The van der Waals surface area contributed by atoms with Crippen molar-refractivity contribution in [2.24, 2.45) is 23.0 Å². The molecule has 5 N–H and O–H groups in total. The second kappa shape index (κ2) is 16.9. The molecule has 1 aromatic rings. The molecule has 1 aromatic carbocycles. The normalized spacial score (nSPS) is 20.5. The van der Waals surface area contributed by atoms with Gasteiger partial charge >= 0.3 is 6.03 Å². The average Bonchev–Trinajstić information content (AvgIpc) is 3.73. The Bertz CT molecular complexity index is 1200. The predicted molar refractivity (Wildman–Crippen MR) is 174 cm³/mol. The number of urea groups is 1. The van der Waals surface area contributed by atoms with Crippen LogP contribution in [0.2, 0.25) is 0 Å². The molecule has 4 unspecified atom stereocenters. The van der Waals surface area contributed by atoms with E-state index in [0.29, 0.717) is 30.9 Å². The monoisotopic (exact) mass is 643 g/mol. The van der Waals surface area contributed by atoms with Gasteiger partial charge in [-0.2, -0.15) is 0 Å². The summed E-state index contributed by atoms with van der Waals surface area (Å²) in [5.74, 6) is -1.18. The molecule has 1 saturated heterocycles. The van der Waals surface area contributed by atoms with Crippen molar-refractivity contribution in [3.05, 3.63) is 35.9 Å². The van der Waals surface area contributed by atoms with Crippen LogP contribution in [0.3, 0.4) is 0 Å². The number of amides is 4. The van der Waals surface area contributed by atoms with Crippen molar-refractivity contribution in [2.45, 2.75) is 109 Å². The van der Waals surface area contributed by atoms with E-state index in [9.17, 15) is 28.8 Å². The first-order valence-corrected chi connectivity index (χ1v) is 16.5. The number of hydrogen-bond acceptors (Lipinski definition) is 8. The summed E-state index contributed by atoms with van der Waals surface area (Å²) in [7, 11) is 0. The lowest BCUT2D eigenvalue weighted by Gasteiger charge is -2.36. The molecule has 0 aromatic heterocycles. The molecule has 0 bridgehead atoms. The number of benzene rings is 1. The first kappa shape index (κ1) is 36.2. The standard InChI is InChI=1S/C26H37N3O4.C7H12N2O2S/c1-26(2,3)23(24(32)29-16-10-15-20(29)17-30)28-25(33)27-21(18-11-6-4-7-12-18)22(31)19-13-8-5-9-14-19;8-7(11)6(10)5(9-12)3-4-1-2-4/h5,8-9,13-14,17-18,20-21,23H,4,6-7,10-12,15-16H2,1-3H3,(H2,27,28,33);4-5,9,12H,1-3H2,(H2,8,11). The van der Waals surface area contributed by atoms with E-state index >= 15 is 0 Å². The number of nitrogens with one attached hydrogen (secondary N) is 3. The van der Waals surface area contributed by atoms with E-state index in [1.807, 2.05) is 39.0 Å². The van der Waals surface area contributed by atoms with Crippen LogP contribution in [0.1, 0.15) is 95.3 Å². The Morgan fingerprint density at radius 1 is 0.956 bits per heavy atom. The van der Waals surface area contributed by atoms with Gasteiger partial charge in [-0.15, -0.1) is 0 Å². The third-order valence-electron chi connectivity index (χ3n) is 8.86. The van der Waals surface area contributed by atoms with E-state index in [2.05, 4.69) is 28.2 Å². The predicted octanol–water partition coefficient (Wildman–Crippen LogP) is 3.37. The fourth-order valence-electron chi connectivity index (χ4n) is 6.06. The zero-order valence-corrected chi connectivity index (χ0v) is 27.5. The lowest BCUT2D eigenvalue weighted by Crippen LogP contribution is -2.59. The lowest BCUT2D eigenvalue weighted by atomic mass is 9.81. The van der Waals surface area contributed by atoms with Gasteiger partial charge in [0.15, 0.2) is 5.78 Å². The number of thiol groups is 1. The molecule has 4 atom stereocenters. The molecule has 1 aliphatic heterocycles. The van der Waals surface area contributed by atoms with Crippen LogP contribution >= 0.6 is 12.8 Å². The zero-order chi connectivity index (χ0) is 33.1. The van der Waals surface area contributed by atoms with Crippen molar-refractivity contribution in [2.75, 3.05) is 6.54 Å². The number of ketones is 2. The minimum Gasteiger partial charge on any atom is -0.363 e. The molecule has 248 valence electrons. The highest BCUT2D eigenvalue weighted by Gasteiger charge is 2.40. The Labute approximate surface area is 271 Å². The number of nitrogens with zero attached hydrogens (tertiary/aromatic N) is 1. The van der Waals surface area contributed by atoms with Crippen LogP contribution in [0, 0.1) is 17.3 Å². The van der Waals surface area contributed by atoms with Gasteiger partial charge in [-0.25, -0.2) is 4.79 Å². The van der Waals surface area contributed by atoms with E-state index in [4.69, 9.17) is 5.73 Å². The SMILES string of the molecule is CC(C)(C)C(NC(=O)NC(C(=O)c1ccccc1)C1CCCCC1)C(=O)N1CCCC1C=O.NC(=O)C(=O)C(CC1CC1)NS. The summed E-state index contributed by atoms with van der Waals surface area (Å²) >= 11 is 3.77. The third kappa shape index (κ3) is 10.7. The van der Waals surface area contributed by atoms with Crippen molar-refractivity contribution in [1.82, 2.24) is 20.3 Å². The summed E-state index contributed by atoms with van der Waals surface area (Å²) in [4.78, 5) is 74.3. The van der Waals surface area contributed by atoms with Crippen molar-refractivity contribution in [3.8, 4) is 0 Å². The summed E-state index contributed by atoms with van der Waals surface area (Å²) in [5, 5.41) is 5.76. The third-order valence-corrected chi connectivity index (χ3v) is 9.17. The topological polar surface area (TPSA) is 168 Å². The van der Waals surface area contributed by atoms with Gasteiger partial charge in [0.1, 0.15) is 12.3 Å². The molecule has 3 aliphatic rings. The van der Waals surface area contributed by atoms with Crippen molar-refractivity contribution in [1.29, 1.82) is 0 Å². The van der Waals surface area contributed by atoms with Gasteiger partial charge in [0.25, 0.3) is 5.91 Å².